The third-order valence-electron chi connectivity index (χ3n) is 7.56. The molecule has 2 saturated heterocycles. The fourth-order valence-electron chi connectivity index (χ4n) is 5.61. The number of anilines is 1. The lowest BCUT2D eigenvalue weighted by molar-refractivity contribution is -0.138. The second kappa shape index (κ2) is 10.6. The highest BCUT2D eigenvalue weighted by Crippen LogP contribution is 2.32. The molecule has 0 spiro atoms. The molecule has 2 aliphatic rings. The van der Waals surface area contributed by atoms with Crippen molar-refractivity contribution >= 4 is 40.2 Å². The maximum atomic E-state index is 13.8. The molecule has 9 nitrogen and oxygen atoms in total. The molecule has 3 amide bonds. The Kier molecular flexibility index (Phi) is 7.16. The van der Waals surface area contributed by atoms with Gasteiger partial charge in [-0.05, 0) is 55.2 Å². The summed E-state index contributed by atoms with van der Waals surface area (Å²) in [5.41, 5.74) is 2.03. The molecule has 3 heterocycles. The first-order chi connectivity index (χ1) is 18.6. The molecular formula is C30H34N4O5. The molecule has 1 unspecified atom stereocenters. The van der Waals surface area contributed by atoms with Crippen LogP contribution in [0.1, 0.15) is 47.6 Å². The van der Waals surface area contributed by atoms with E-state index in [4.69, 9.17) is 4.42 Å². The van der Waals surface area contributed by atoms with Crippen LogP contribution in [0, 0.1) is 5.92 Å². The van der Waals surface area contributed by atoms with Crippen LogP contribution < -0.4 is 10.2 Å². The lowest BCUT2D eigenvalue weighted by Gasteiger charge is -2.29. The molecular weight excluding hydrogens is 496 g/mol. The third-order valence-corrected chi connectivity index (χ3v) is 7.56. The molecule has 0 saturated carbocycles. The zero-order valence-electron chi connectivity index (χ0n) is 22.7. The van der Waals surface area contributed by atoms with Crippen molar-refractivity contribution in [1.82, 2.24) is 15.1 Å². The fraction of sp³-hybridized carbons (Fsp3) is 0.400. The molecule has 5 rings (SSSR count). The molecule has 2 aliphatic heterocycles. The Morgan fingerprint density at radius 1 is 1.05 bits per heavy atom. The molecule has 0 radical (unpaired) electrons. The normalized spacial score (nSPS) is 19.5. The van der Waals surface area contributed by atoms with E-state index < -0.39 is 18.1 Å². The molecule has 0 bridgehead atoms. The Labute approximate surface area is 227 Å². The van der Waals surface area contributed by atoms with Gasteiger partial charge in [0.2, 0.25) is 5.91 Å². The van der Waals surface area contributed by atoms with Gasteiger partial charge in [-0.3, -0.25) is 19.2 Å². The first-order valence-electron chi connectivity index (χ1n) is 13.3. The molecule has 2 aromatic carbocycles. The van der Waals surface area contributed by atoms with Crippen molar-refractivity contribution in [2.45, 2.75) is 44.8 Å². The summed E-state index contributed by atoms with van der Waals surface area (Å²) in [6.45, 7) is 4.24. The van der Waals surface area contributed by atoms with Crippen LogP contribution in [0.5, 0.6) is 0 Å². The number of benzene rings is 2. The number of Topliss-reactive ketones (excluding diaryl/α,β-unsaturated/α-hetero) is 1. The molecule has 1 aromatic heterocycles. The molecule has 1 N–H and O–H groups in total. The summed E-state index contributed by atoms with van der Waals surface area (Å²) in [6.07, 6.45) is 0.923. The smallest absolute Gasteiger partial charge is 0.290 e. The second-order valence-corrected chi connectivity index (χ2v) is 11.0. The van der Waals surface area contributed by atoms with E-state index in [1.54, 1.807) is 29.2 Å². The molecule has 204 valence electrons. The first-order valence-corrected chi connectivity index (χ1v) is 13.3. The number of para-hydroxylation sites is 1. The van der Waals surface area contributed by atoms with Gasteiger partial charge in [0.05, 0.1) is 12.6 Å². The number of fused-ring (bicyclic) bond motifs is 2. The van der Waals surface area contributed by atoms with Crippen LogP contribution in [0.2, 0.25) is 0 Å². The zero-order chi connectivity index (χ0) is 27.8. The highest BCUT2D eigenvalue weighted by atomic mass is 16.3. The van der Waals surface area contributed by atoms with Crippen molar-refractivity contribution < 1.29 is 23.6 Å². The number of nitrogens with one attached hydrogen (secondary N) is 1. The summed E-state index contributed by atoms with van der Waals surface area (Å²) in [4.78, 5) is 58.4. The van der Waals surface area contributed by atoms with E-state index in [9.17, 15) is 19.2 Å². The van der Waals surface area contributed by atoms with Gasteiger partial charge in [0.25, 0.3) is 11.8 Å². The number of hydrogen-bond acceptors (Lipinski definition) is 6. The predicted octanol–water partition coefficient (Wildman–Crippen LogP) is 3.34. The van der Waals surface area contributed by atoms with Crippen LogP contribution in [0.3, 0.4) is 0 Å². The van der Waals surface area contributed by atoms with Crippen LogP contribution in [-0.4, -0.2) is 78.6 Å². The summed E-state index contributed by atoms with van der Waals surface area (Å²) in [5.74, 6) is -0.840. The Morgan fingerprint density at radius 2 is 1.77 bits per heavy atom. The Bertz CT molecular complexity index is 1380. The maximum absolute atomic E-state index is 13.8. The minimum absolute atomic E-state index is 0.0750. The van der Waals surface area contributed by atoms with Crippen molar-refractivity contribution in [3.05, 3.63) is 65.9 Å². The minimum atomic E-state index is -0.780. The van der Waals surface area contributed by atoms with Crippen molar-refractivity contribution in [2.75, 3.05) is 32.1 Å². The van der Waals surface area contributed by atoms with Gasteiger partial charge in [-0.15, -0.1) is 0 Å². The Balaban J connectivity index is 1.32. The van der Waals surface area contributed by atoms with Crippen LogP contribution in [0.4, 0.5) is 5.69 Å². The lowest BCUT2D eigenvalue weighted by Crippen LogP contribution is -2.53. The summed E-state index contributed by atoms with van der Waals surface area (Å²) in [7, 11) is 3.84. The average Bonchev–Trinajstić information content (AvgIpc) is 3.62. The summed E-state index contributed by atoms with van der Waals surface area (Å²) >= 11 is 0. The van der Waals surface area contributed by atoms with Crippen molar-refractivity contribution in [1.29, 1.82) is 0 Å². The van der Waals surface area contributed by atoms with E-state index in [2.05, 4.69) is 5.32 Å². The summed E-state index contributed by atoms with van der Waals surface area (Å²) in [5, 5.41) is 3.72. The number of furan rings is 1. The topological polar surface area (TPSA) is 103 Å². The summed E-state index contributed by atoms with van der Waals surface area (Å²) < 4.78 is 5.76. The van der Waals surface area contributed by atoms with Crippen molar-refractivity contribution in [3.8, 4) is 0 Å². The SMILES string of the molecule is CC(C)C[C@H](NC(=O)c1ccc(N(C)C)cc1)C(=O)N1CCC2[C@H]1C(=O)CN2C(=O)c1cc2ccccc2o1. The molecule has 39 heavy (non-hydrogen) atoms. The van der Waals surface area contributed by atoms with E-state index >= 15 is 0 Å². The quantitative estimate of drug-likeness (QED) is 0.503. The summed E-state index contributed by atoms with van der Waals surface area (Å²) in [6, 6.07) is 14.3. The van der Waals surface area contributed by atoms with Gasteiger partial charge in [0, 0.05) is 37.3 Å². The maximum Gasteiger partial charge on any atom is 0.290 e. The Hall–Kier alpha value is -4.14. The standard InChI is InChI=1S/C30H34N4O5/c1-18(2)15-22(31-28(36)19-9-11-21(12-10-19)32(3)4)29(37)33-14-13-23-27(33)24(35)17-34(23)30(38)26-16-20-7-5-6-8-25(20)39-26/h5-12,16,18,22-23,27H,13-15,17H2,1-4H3,(H,31,36)/t22-,23?,27-/m0/s1. The minimum Gasteiger partial charge on any atom is -0.451 e. The number of rotatable bonds is 7. The van der Waals surface area contributed by atoms with Gasteiger partial charge in [0.15, 0.2) is 11.5 Å². The number of likely N-dealkylation sites (tertiary alicyclic amines) is 2. The largest absolute Gasteiger partial charge is 0.451 e. The molecule has 9 heteroatoms. The molecule has 0 aliphatic carbocycles. The van der Waals surface area contributed by atoms with Crippen LogP contribution in [0.15, 0.2) is 59.0 Å². The van der Waals surface area contributed by atoms with Crippen LogP contribution >= 0.6 is 0 Å². The Morgan fingerprint density at radius 3 is 2.44 bits per heavy atom. The first kappa shape index (κ1) is 26.5. The fourth-order valence-corrected chi connectivity index (χ4v) is 5.61. The lowest BCUT2D eigenvalue weighted by atomic mass is 10.0. The third kappa shape index (κ3) is 5.13. The van der Waals surface area contributed by atoms with Gasteiger partial charge in [-0.2, -0.15) is 0 Å². The molecule has 3 aromatic rings. The van der Waals surface area contributed by atoms with Gasteiger partial charge < -0.3 is 24.4 Å². The van der Waals surface area contributed by atoms with Gasteiger partial charge in [-0.25, -0.2) is 0 Å². The average molecular weight is 531 g/mol. The van der Waals surface area contributed by atoms with E-state index in [1.165, 1.54) is 4.90 Å². The number of carbonyl (C=O) groups is 4. The van der Waals surface area contributed by atoms with E-state index in [0.29, 0.717) is 30.5 Å². The molecule has 3 atom stereocenters. The van der Waals surface area contributed by atoms with Crippen molar-refractivity contribution in [3.63, 3.8) is 0 Å². The number of nitrogens with zero attached hydrogens (tertiary/aromatic N) is 3. The van der Waals surface area contributed by atoms with E-state index in [1.807, 2.05) is 63.2 Å². The highest BCUT2D eigenvalue weighted by Gasteiger charge is 2.52. The van der Waals surface area contributed by atoms with Crippen LogP contribution in [-0.2, 0) is 9.59 Å². The number of hydrogen-bond donors (Lipinski definition) is 1. The van der Waals surface area contributed by atoms with Gasteiger partial charge in [0.1, 0.15) is 17.7 Å². The number of carbonyl (C=O) groups excluding carboxylic acids is 4. The van der Waals surface area contributed by atoms with Crippen molar-refractivity contribution in [2.24, 2.45) is 5.92 Å². The van der Waals surface area contributed by atoms with E-state index in [-0.39, 0.29) is 41.7 Å². The zero-order valence-corrected chi connectivity index (χ0v) is 22.7. The van der Waals surface area contributed by atoms with Gasteiger partial charge >= 0.3 is 0 Å². The second-order valence-electron chi connectivity index (χ2n) is 11.0. The monoisotopic (exact) mass is 530 g/mol. The molecule has 2 fully saturated rings. The van der Waals surface area contributed by atoms with E-state index in [0.717, 1.165) is 11.1 Å². The highest BCUT2D eigenvalue weighted by molar-refractivity contribution is 6.04. The van der Waals surface area contributed by atoms with Crippen LogP contribution in [0.25, 0.3) is 11.0 Å². The number of ketones is 1. The predicted molar refractivity (Wildman–Crippen MR) is 148 cm³/mol. The number of amides is 3. The van der Waals surface area contributed by atoms with Gasteiger partial charge in [-0.1, -0.05) is 32.0 Å².